The van der Waals surface area contributed by atoms with Gasteiger partial charge in [0, 0.05) is 17.5 Å². The molecule has 0 aliphatic rings. The number of hydrogen-bond donors (Lipinski definition) is 0. The molecular formula is C17H18N4OS. The summed E-state index contributed by atoms with van der Waals surface area (Å²) in [6, 6.07) is 13.8. The van der Waals surface area contributed by atoms with Crippen molar-refractivity contribution in [2.45, 2.75) is 20.0 Å². The van der Waals surface area contributed by atoms with Crippen LogP contribution in [0, 0.1) is 6.92 Å². The normalized spacial score (nSPS) is 10.7. The fourth-order valence-corrected chi connectivity index (χ4v) is 3.10. The SMILES string of the molecule is Cc1nc(-c2ccccc2)n(CC(=O)N(C)Cc2cccs2)n1. The van der Waals surface area contributed by atoms with Gasteiger partial charge in [0.15, 0.2) is 5.82 Å². The maximum Gasteiger partial charge on any atom is 0.244 e. The van der Waals surface area contributed by atoms with E-state index in [1.807, 2.05) is 61.8 Å². The van der Waals surface area contributed by atoms with Crippen LogP contribution in [0.15, 0.2) is 47.8 Å². The first-order valence-corrected chi connectivity index (χ1v) is 8.24. The second-order valence-corrected chi connectivity index (χ2v) is 6.37. The topological polar surface area (TPSA) is 51.0 Å². The molecule has 0 spiro atoms. The van der Waals surface area contributed by atoms with E-state index in [-0.39, 0.29) is 12.5 Å². The summed E-state index contributed by atoms with van der Waals surface area (Å²) in [5, 5.41) is 6.38. The van der Waals surface area contributed by atoms with E-state index < -0.39 is 0 Å². The van der Waals surface area contributed by atoms with Crippen LogP contribution < -0.4 is 0 Å². The lowest BCUT2D eigenvalue weighted by Crippen LogP contribution is -2.30. The van der Waals surface area contributed by atoms with Crippen molar-refractivity contribution in [3.63, 3.8) is 0 Å². The van der Waals surface area contributed by atoms with Crippen LogP contribution in [-0.4, -0.2) is 32.6 Å². The molecule has 0 aliphatic carbocycles. The number of aromatic nitrogens is 3. The van der Waals surface area contributed by atoms with Crippen LogP contribution in [-0.2, 0) is 17.9 Å². The molecule has 0 fully saturated rings. The standard InChI is InChI=1S/C17H18N4OS/c1-13-18-17(14-7-4-3-5-8-14)21(19-13)12-16(22)20(2)11-15-9-6-10-23-15/h3-10H,11-12H2,1-2H3. The Morgan fingerprint density at radius 1 is 1.22 bits per heavy atom. The summed E-state index contributed by atoms with van der Waals surface area (Å²) in [5.74, 6) is 1.40. The van der Waals surface area contributed by atoms with Gasteiger partial charge in [-0.05, 0) is 18.4 Å². The molecular weight excluding hydrogens is 308 g/mol. The Kier molecular flexibility index (Phi) is 4.52. The Balaban J connectivity index is 1.76. The zero-order chi connectivity index (χ0) is 16.2. The van der Waals surface area contributed by atoms with E-state index in [9.17, 15) is 4.79 Å². The number of rotatable bonds is 5. The number of aryl methyl sites for hydroxylation is 1. The minimum atomic E-state index is 0.0143. The van der Waals surface area contributed by atoms with Crippen LogP contribution in [0.1, 0.15) is 10.7 Å². The molecule has 1 aromatic carbocycles. The molecule has 6 heteroatoms. The fraction of sp³-hybridized carbons (Fsp3) is 0.235. The average molecular weight is 326 g/mol. The second kappa shape index (κ2) is 6.75. The summed E-state index contributed by atoms with van der Waals surface area (Å²) in [4.78, 5) is 19.8. The molecule has 0 N–H and O–H groups in total. The highest BCUT2D eigenvalue weighted by Crippen LogP contribution is 2.17. The van der Waals surface area contributed by atoms with Gasteiger partial charge < -0.3 is 4.90 Å². The van der Waals surface area contributed by atoms with Crippen LogP contribution in [0.25, 0.3) is 11.4 Å². The minimum absolute atomic E-state index is 0.0143. The maximum absolute atomic E-state index is 12.5. The highest BCUT2D eigenvalue weighted by atomic mass is 32.1. The summed E-state index contributed by atoms with van der Waals surface area (Å²) in [6.45, 7) is 2.64. The minimum Gasteiger partial charge on any atom is -0.339 e. The summed E-state index contributed by atoms with van der Waals surface area (Å²) in [7, 11) is 1.81. The molecule has 2 aromatic heterocycles. The number of benzene rings is 1. The van der Waals surface area contributed by atoms with Gasteiger partial charge in [0.25, 0.3) is 0 Å². The number of likely N-dealkylation sites (N-methyl/N-ethyl adjacent to an activating group) is 1. The van der Waals surface area contributed by atoms with Crippen molar-refractivity contribution in [3.8, 4) is 11.4 Å². The van der Waals surface area contributed by atoms with Crippen molar-refractivity contribution in [2.24, 2.45) is 0 Å². The summed E-state index contributed by atoms with van der Waals surface area (Å²) >= 11 is 1.65. The smallest absolute Gasteiger partial charge is 0.244 e. The Morgan fingerprint density at radius 2 is 2.00 bits per heavy atom. The monoisotopic (exact) mass is 326 g/mol. The van der Waals surface area contributed by atoms with Crippen molar-refractivity contribution >= 4 is 17.2 Å². The summed E-state index contributed by atoms with van der Waals surface area (Å²) in [5.41, 5.74) is 0.960. The number of amides is 1. The molecule has 0 unspecified atom stereocenters. The first kappa shape index (κ1) is 15.4. The highest BCUT2D eigenvalue weighted by molar-refractivity contribution is 7.09. The fourth-order valence-electron chi connectivity index (χ4n) is 2.34. The van der Waals surface area contributed by atoms with Crippen LogP contribution in [0.2, 0.25) is 0 Å². The molecule has 0 radical (unpaired) electrons. The number of carbonyl (C=O) groups is 1. The van der Waals surface area contributed by atoms with Crippen molar-refractivity contribution < 1.29 is 4.79 Å². The van der Waals surface area contributed by atoms with Crippen LogP contribution in [0.4, 0.5) is 0 Å². The van der Waals surface area contributed by atoms with Crippen LogP contribution in [0.3, 0.4) is 0 Å². The van der Waals surface area contributed by atoms with E-state index in [0.29, 0.717) is 12.4 Å². The molecule has 3 aromatic rings. The maximum atomic E-state index is 12.5. The Morgan fingerprint density at radius 3 is 2.70 bits per heavy atom. The molecule has 2 heterocycles. The Hall–Kier alpha value is -2.47. The largest absolute Gasteiger partial charge is 0.339 e. The molecule has 5 nitrogen and oxygen atoms in total. The lowest BCUT2D eigenvalue weighted by molar-refractivity contribution is -0.131. The zero-order valence-electron chi connectivity index (χ0n) is 13.1. The number of nitrogens with zero attached hydrogens (tertiary/aromatic N) is 4. The molecule has 3 rings (SSSR count). The first-order valence-electron chi connectivity index (χ1n) is 7.36. The van der Waals surface area contributed by atoms with Crippen LogP contribution in [0.5, 0.6) is 0 Å². The van der Waals surface area contributed by atoms with Crippen molar-refractivity contribution in [3.05, 3.63) is 58.5 Å². The van der Waals surface area contributed by atoms with Gasteiger partial charge in [-0.2, -0.15) is 5.10 Å². The van der Waals surface area contributed by atoms with Crippen molar-refractivity contribution in [1.82, 2.24) is 19.7 Å². The van der Waals surface area contributed by atoms with Gasteiger partial charge in [-0.3, -0.25) is 4.79 Å². The van der Waals surface area contributed by atoms with Crippen LogP contribution >= 0.6 is 11.3 Å². The molecule has 1 amide bonds. The second-order valence-electron chi connectivity index (χ2n) is 5.34. The lowest BCUT2D eigenvalue weighted by Gasteiger charge is -2.16. The zero-order valence-corrected chi connectivity index (χ0v) is 14.0. The third-order valence-corrected chi connectivity index (χ3v) is 4.35. The van der Waals surface area contributed by atoms with Crippen molar-refractivity contribution in [2.75, 3.05) is 7.05 Å². The number of carbonyl (C=O) groups excluding carboxylic acids is 1. The molecule has 0 aliphatic heterocycles. The first-order chi connectivity index (χ1) is 11.1. The van der Waals surface area contributed by atoms with E-state index in [4.69, 9.17) is 0 Å². The quantitative estimate of drug-likeness (QED) is 0.724. The highest BCUT2D eigenvalue weighted by Gasteiger charge is 2.16. The number of hydrogen-bond acceptors (Lipinski definition) is 4. The lowest BCUT2D eigenvalue weighted by atomic mass is 10.2. The van der Waals surface area contributed by atoms with E-state index >= 15 is 0 Å². The average Bonchev–Trinajstić information content (AvgIpc) is 3.18. The van der Waals surface area contributed by atoms with Gasteiger partial charge in [-0.1, -0.05) is 36.4 Å². The summed E-state index contributed by atoms with van der Waals surface area (Å²) < 4.78 is 1.68. The molecule has 118 valence electrons. The van der Waals surface area contributed by atoms with Gasteiger partial charge in [-0.25, -0.2) is 9.67 Å². The van der Waals surface area contributed by atoms with E-state index in [2.05, 4.69) is 10.1 Å². The molecule has 0 atom stereocenters. The van der Waals surface area contributed by atoms with Gasteiger partial charge in [-0.15, -0.1) is 11.3 Å². The predicted octanol–water partition coefficient (Wildman–Crippen LogP) is 2.97. The number of thiophene rings is 1. The van der Waals surface area contributed by atoms with E-state index in [1.165, 1.54) is 4.88 Å². The predicted molar refractivity (Wildman–Crippen MR) is 91.0 cm³/mol. The van der Waals surface area contributed by atoms with E-state index in [1.54, 1.807) is 20.9 Å². The summed E-state index contributed by atoms with van der Waals surface area (Å²) in [6.07, 6.45) is 0. The Bertz CT molecular complexity index is 780. The van der Waals surface area contributed by atoms with Crippen molar-refractivity contribution in [1.29, 1.82) is 0 Å². The van der Waals surface area contributed by atoms with Gasteiger partial charge in [0.1, 0.15) is 12.4 Å². The molecule has 0 saturated carbocycles. The van der Waals surface area contributed by atoms with E-state index in [0.717, 1.165) is 11.4 Å². The van der Waals surface area contributed by atoms with Gasteiger partial charge in [0.2, 0.25) is 5.91 Å². The third-order valence-electron chi connectivity index (χ3n) is 3.49. The van der Waals surface area contributed by atoms with Gasteiger partial charge >= 0.3 is 0 Å². The molecule has 0 saturated heterocycles. The third kappa shape index (κ3) is 3.65. The Labute approximate surface area is 139 Å². The molecule has 0 bridgehead atoms. The molecule has 23 heavy (non-hydrogen) atoms. The van der Waals surface area contributed by atoms with Gasteiger partial charge in [0.05, 0.1) is 6.54 Å².